The first-order valence-corrected chi connectivity index (χ1v) is 6.96. The maximum atomic E-state index is 13.4. The van der Waals surface area contributed by atoms with Gasteiger partial charge in [0.2, 0.25) is 5.91 Å². The fourth-order valence-corrected chi connectivity index (χ4v) is 1.82. The molecule has 2 rings (SSSR count). The SMILES string of the molecule is O=C(CNC(=O)NCc1ccccc1)Nc1ccc(F)c(F)c1F. The van der Waals surface area contributed by atoms with Gasteiger partial charge in [-0.25, -0.2) is 18.0 Å². The Hall–Kier alpha value is -3.03. The number of carbonyl (C=O) groups is 2. The summed E-state index contributed by atoms with van der Waals surface area (Å²) in [7, 11) is 0. The quantitative estimate of drug-likeness (QED) is 0.734. The van der Waals surface area contributed by atoms with Crippen molar-refractivity contribution in [3.8, 4) is 0 Å². The lowest BCUT2D eigenvalue weighted by Gasteiger charge is -2.09. The van der Waals surface area contributed by atoms with E-state index in [-0.39, 0.29) is 6.54 Å². The van der Waals surface area contributed by atoms with Crippen molar-refractivity contribution in [1.29, 1.82) is 0 Å². The zero-order valence-electron chi connectivity index (χ0n) is 12.4. The largest absolute Gasteiger partial charge is 0.334 e. The van der Waals surface area contributed by atoms with Gasteiger partial charge in [0.15, 0.2) is 17.5 Å². The van der Waals surface area contributed by atoms with E-state index < -0.39 is 41.6 Å². The molecule has 126 valence electrons. The van der Waals surface area contributed by atoms with Crippen molar-refractivity contribution in [1.82, 2.24) is 10.6 Å². The highest BCUT2D eigenvalue weighted by atomic mass is 19.2. The fourth-order valence-electron chi connectivity index (χ4n) is 1.82. The topological polar surface area (TPSA) is 70.2 Å². The van der Waals surface area contributed by atoms with E-state index in [0.717, 1.165) is 11.6 Å². The van der Waals surface area contributed by atoms with E-state index in [1.54, 1.807) is 0 Å². The monoisotopic (exact) mass is 337 g/mol. The minimum atomic E-state index is -1.68. The Kier molecular flexibility index (Phi) is 5.78. The van der Waals surface area contributed by atoms with E-state index in [9.17, 15) is 22.8 Å². The van der Waals surface area contributed by atoms with Crippen LogP contribution in [0, 0.1) is 17.5 Å². The third-order valence-electron chi connectivity index (χ3n) is 3.01. The second-order valence-corrected chi connectivity index (χ2v) is 4.79. The Morgan fingerprint density at radius 3 is 2.29 bits per heavy atom. The minimum Gasteiger partial charge on any atom is -0.334 e. The number of rotatable bonds is 5. The van der Waals surface area contributed by atoms with Gasteiger partial charge in [-0.2, -0.15) is 0 Å². The van der Waals surface area contributed by atoms with Crippen LogP contribution in [-0.2, 0) is 11.3 Å². The van der Waals surface area contributed by atoms with Gasteiger partial charge in [-0.05, 0) is 17.7 Å². The molecule has 5 nitrogen and oxygen atoms in total. The van der Waals surface area contributed by atoms with Crippen molar-refractivity contribution in [2.24, 2.45) is 0 Å². The summed E-state index contributed by atoms with van der Waals surface area (Å²) in [5, 5.41) is 6.84. The molecule has 2 aromatic carbocycles. The summed E-state index contributed by atoms with van der Waals surface area (Å²) in [6, 6.07) is 10.1. The fraction of sp³-hybridized carbons (Fsp3) is 0.125. The summed E-state index contributed by atoms with van der Waals surface area (Å²) in [4.78, 5) is 23.2. The van der Waals surface area contributed by atoms with Crippen LogP contribution in [0.1, 0.15) is 5.56 Å². The van der Waals surface area contributed by atoms with E-state index in [1.165, 1.54) is 0 Å². The summed E-state index contributed by atoms with van der Waals surface area (Å²) < 4.78 is 39.2. The molecular formula is C16H14F3N3O2. The molecule has 24 heavy (non-hydrogen) atoms. The molecule has 0 aliphatic heterocycles. The summed E-state index contributed by atoms with van der Waals surface area (Å²) in [5.74, 6) is -5.32. The van der Waals surface area contributed by atoms with Crippen molar-refractivity contribution in [3.63, 3.8) is 0 Å². The van der Waals surface area contributed by atoms with Crippen LogP contribution >= 0.6 is 0 Å². The maximum absolute atomic E-state index is 13.4. The molecule has 0 saturated heterocycles. The molecule has 0 aromatic heterocycles. The number of amides is 3. The van der Waals surface area contributed by atoms with Crippen LogP contribution in [-0.4, -0.2) is 18.5 Å². The number of carbonyl (C=O) groups excluding carboxylic acids is 2. The predicted octanol–water partition coefficient (Wildman–Crippen LogP) is 2.54. The van der Waals surface area contributed by atoms with Crippen molar-refractivity contribution < 1.29 is 22.8 Å². The van der Waals surface area contributed by atoms with Gasteiger partial charge in [0.05, 0.1) is 12.2 Å². The lowest BCUT2D eigenvalue weighted by atomic mass is 10.2. The Balaban J connectivity index is 1.79. The second-order valence-electron chi connectivity index (χ2n) is 4.79. The zero-order chi connectivity index (χ0) is 17.5. The molecule has 0 aliphatic carbocycles. The van der Waals surface area contributed by atoms with E-state index in [4.69, 9.17) is 0 Å². The normalized spacial score (nSPS) is 10.1. The Morgan fingerprint density at radius 1 is 0.875 bits per heavy atom. The average molecular weight is 337 g/mol. The Morgan fingerprint density at radius 2 is 1.58 bits per heavy atom. The van der Waals surface area contributed by atoms with Crippen LogP contribution in [0.2, 0.25) is 0 Å². The standard InChI is InChI=1S/C16H14F3N3O2/c17-11-6-7-12(15(19)14(11)18)22-13(23)9-21-16(24)20-8-10-4-2-1-3-5-10/h1-7H,8-9H2,(H,22,23)(H2,20,21,24). The summed E-state index contributed by atoms with van der Waals surface area (Å²) in [5.41, 5.74) is 0.367. The lowest BCUT2D eigenvalue weighted by molar-refractivity contribution is -0.115. The van der Waals surface area contributed by atoms with Crippen LogP contribution in [0.3, 0.4) is 0 Å². The molecule has 0 fully saturated rings. The average Bonchev–Trinajstić information content (AvgIpc) is 2.59. The van der Waals surface area contributed by atoms with Gasteiger partial charge in [0, 0.05) is 6.54 Å². The van der Waals surface area contributed by atoms with Crippen LogP contribution in [0.15, 0.2) is 42.5 Å². The van der Waals surface area contributed by atoms with Crippen LogP contribution < -0.4 is 16.0 Å². The number of halogens is 3. The molecule has 0 radical (unpaired) electrons. The van der Waals surface area contributed by atoms with Gasteiger partial charge in [0.25, 0.3) is 0 Å². The van der Waals surface area contributed by atoms with E-state index in [2.05, 4.69) is 10.6 Å². The molecular weight excluding hydrogens is 323 g/mol. The van der Waals surface area contributed by atoms with Crippen LogP contribution in [0.4, 0.5) is 23.7 Å². The highest BCUT2D eigenvalue weighted by Gasteiger charge is 2.15. The third kappa shape index (κ3) is 4.73. The predicted molar refractivity (Wildman–Crippen MR) is 81.6 cm³/mol. The molecule has 0 atom stereocenters. The van der Waals surface area contributed by atoms with E-state index in [1.807, 2.05) is 35.6 Å². The molecule has 0 bridgehead atoms. The number of anilines is 1. The van der Waals surface area contributed by atoms with Crippen LogP contribution in [0.25, 0.3) is 0 Å². The number of nitrogens with one attached hydrogen (secondary N) is 3. The van der Waals surface area contributed by atoms with Gasteiger partial charge in [-0.1, -0.05) is 30.3 Å². The second kappa shape index (κ2) is 8.00. The zero-order valence-corrected chi connectivity index (χ0v) is 12.4. The van der Waals surface area contributed by atoms with Gasteiger partial charge >= 0.3 is 6.03 Å². The number of hydrogen-bond donors (Lipinski definition) is 3. The van der Waals surface area contributed by atoms with Crippen molar-refractivity contribution >= 4 is 17.6 Å². The maximum Gasteiger partial charge on any atom is 0.315 e. The summed E-state index contributed by atoms with van der Waals surface area (Å²) >= 11 is 0. The molecule has 2 aromatic rings. The molecule has 8 heteroatoms. The molecule has 0 spiro atoms. The molecule has 0 saturated carbocycles. The number of hydrogen-bond acceptors (Lipinski definition) is 2. The number of benzene rings is 2. The highest BCUT2D eigenvalue weighted by Crippen LogP contribution is 2.19. The molecule has 0 aliphatic rings. The molecule has 3 amide bonds. The first-order chi connectivity index (χ1) is 11.5. The smallest absolute Gasteiger partial charge is 0.315 e. The molecule has 0 heterocycles. The summed E-state index contributed by atoms with van der Waals surface area (Å²) in [6.45, 7) is -0.189. The highest BCUT2D eigenvalue weighted by molar-refractivity contribution is 5.94. The van der Waals surface area contributed by atoms with Gasteiger partial charge < -0.3 is 16.0 Å². The summed E-state index contributed by atoms with van der Waals surface area (Å²) in [6.07, 6.45) is 0. The first-order valence-electron chi connectivity index (χ1n) is 6.96. The van der Waals surface area contributed by atoms with Crippen LogP contribution in [0.5, 0.6) is 0 Å². The first kappa shape index (κ1) is 17.3. The van der Waals surface area contributed by atoms with Gasteiger partial charge in [-0.15, -0.1) is 0 Å². The van der Waals surface area contributed by atoms with Gasteiger partial charge in [0.1, 0.15) is 0 Å². The number of urea groups is 1. The van der Waals surface area contributed by atoms with Crippen molar-refractivity contribution in [2.75, 3.05) is 11.9 Å². The van der Waals surface area contributed by atoms with E-state index >= 15 is 0 Å². The Bertz CT molecular complexity index is 739. The van der Waals surface area contributed by atoms with E-state index in [0.29, 0.717) is 6.07 Å². The molecule has 0 unspecified atom stereocenters. The molecule has 3 N–H and O–H groups in total. The third-order valence-corrected chi connectivity index (χ3v) is 3.01. The lowest BCUT2D eigenvalue weighted by Crippen LogP contribution is -2.39. The minimum absolute atomic E-state index is 0.270. The van der Waals surface area contributed by atoms with Gasteiger partial charge in [-0.3, -0.25) is 4.79 Å². The Labute approximate surface area is 135 Å². The van der Waals surface area contributed by atoms with Crippen molar-refractivity contribution in [2.45, 2.75) is 6.54 Å². The van der Waals surface area contributed by atoms with Crippen molar-refractivity contribution in [3.05, 3.63) is 65.5 Å².